The first-order chi connectivity index (χ1) is 6.86. The van der Waals surface area contributed by atoms with Crippen LogP contribution in [-0.2, 0) is 6.54 Å². The molecule has 1 fully saturated rings. The quantitative estimate of drug-likeness (QED) is 0.869. The van der Waals surface area contributed by atoms with Crippen molar-refractivity contribution in [2.75, 3.05) is 0 Å². The van der Waals surface area contributed by atoms with E-state index in [2.05, 4.69) is 14.9 Å². The van der Waals surface area contributed by atoms with Gasteiger partial charge in [-0.1, -0.05) is 35.4 Å². The Kier molecular flexibility index (Phi) is 3.73. The Bertz CT molecular complexity index is 283. The molecule has 14 heavy (non-hydrogen) atoms. The van der Waals surface area contributed by atoms with Gasteiger partial charge in [-0.15, -0.1) is 5.10 Å². The van der Waals surface area contributed by atoms with E-state index in [1.54, 1.807) is 0 Å². The van der Waals surface area contributed by atoms with Crippen LogP contribution in [0.3, 0.4) is 0 Å². The molecule has 0 radical (unpaired) electrons. The molecular formula is C9H14ClN3S. The van der Waals surface area contributed by atoms with Gasteiger partial charge in [0.15, 0.2) is 0 Å². The summed E-state index contributed by atoms with van der Waals surface area (Å²) in [5.74, 6) is 0. The van der Waals surface area contributed by atoms with Crippen LogP contribution in [0.25, 0.3) is 0 Å². The van der Waals surface area contributed by atoms with Crippen molar-refractivity contribution < 1.29 is 0 Å². The zero-order valence-corrected chi connectivity index (χ0v) is 9.57. The smallest absolute Gasteiger partial charge is 0.138 e. The third-order valence-corrected chi connectivity index (χ3v) is 3.66. The van der Waals surface area contributed by atoms with Crippen LogP contribution in [0.1, 0.15) is 37.8 Å². The fraction of sp³-hybridized carbons (Fsp3) is 0.778. The summed E-state index contributed by atoms with van der Waals surface area (Å²) in [6.07, 6.45) is 6.66. The molecule has 0 spiro atoms. The van der Waals surface area contributed by atoms with Gasteiger partial charge in [-0.3, -0.25) is 0 Å². The SMILES string of the molecule is Clc1snnc1CNC1CCCCC1. The van der Waals surface area contributed by atoms with Gasteiger partial charge < -0.3 is 5.32 Å². The summed E-state index contributed by atoms with van der Waals surface area (Å²) < 4.78 is 4.52. The van der Waals surface area contributed by atoms with Crippen LogP contribution < -0.4 is 5.32 Å². The molecule has 78 valence electrons. The monoisotopic (exact) mass is 231 g/mol. The molecule has 1 heterocycles. The maximum atomic E-state index is 5.91. The highest BCUT2D eigenvalue weighted by molar-refractivity contribution is 7.10. The molecule has 0 unspecified atom stereocenters. The Morgan fingerprint density at radius 3 is 2.79 bits per heavy atom. The number of nitrogens with zero attached hydrogens (tertiary/aromatic N) is 2. The number of halogens is 1. The molecule has 5 heteroatoms. The third-order valence-electron chi connectivity index (χ3n) is 2.67. The van der Waals surface area contributed by atoms with E-state index in [9.17, 15) is 0 Å². The molecule has 0 amide bonds. The van der Waals surface area contributed by atoms with Crippen LogP contribution in [0, 0.1) is 0 Å². The van der Waals surface area contributed by atoms with Crippen molar-refractivity contribution in [2.24, 2.45) is 0 Å². The van der Waals surface area contributed by atoms with E-state index in [0.29, 0.717) is 10.4 Å². The average Bonchev–Trinajstić information content (AvgIpc) is 2.63. The van der Waals surface area contributed by atoms with E-state index in [1.807, 2.05) is 0 Å². The highest BCUT2D eigenvalue weighted by Gasteiger charge is 2.13. The first kappa shape index (κ1) is 10.3. The van der Waals surface area contributed by atoms with Crippen LogP contribution in [0.5, 0.6) is 0 Å². The molecule has 0 atom stereocenters. The fourth-order valence-electron chi connectivity index (χ4n) is 1.85. The highest BCUT2D eigenvalue weighted by atomic mass is 35.5. The first-order valence-electron chi connectivity index (χ1n) is 5.06. The van der Waals surface area contributed by atoms with Crippen LogP contribution in [-0.4, -0.2) is 15.6 Å². The number of aromatic nitrogens is 2. The van der Waals surface area contributed by atoms with Gasteiger partial charge in [0.2, 0.25) is 0 Å². The Balaban J connectivity index is 1.79. The minimum Gasteiger partial charge on any atom is -0.308 e. The lowest BCUT2D eigenvalue weighted by Gasteiger charge is -2.22. The molecule has 0 aromatic carbocycles. The van der Waals surface area contributed by atoms with E-state index >= 15 is 0 Å². The van der Waals surface area contributed by atoms with E-state index in [-0.39, 0.29) is 0 Å². The zero-order valence-electron chi connectivity index (χ0n) is 8.00. The molecule has 1 aromatic rings. The van der Waals surface area contributed by atoms with Crippen molar-refractivity contribution in [3.63, 3.8) is 0 Å². The maximum absolute atomic E-state index is 5.91. The van der Waals surface area contributed by atoms with E-state index in [1.165, 1.54) is 43.6 Å². The van der Waals surface area contributed by atoms with E-state index in [4.69, 9.17) is 11.6 Å². The summed E-state index contributed by atoms with van der Waals surface area (Å²) in [4.78, 5) is 0. The molecule has 2 rings (SSSR count). The summed E-state index contributed by atoms with van der Waals surface area (Å²) in [6, 6.07) is 0.654. The molecule has 1 aromatic heterocycles. The number of nitrogens with one attached hydrogen (secondary N) is 1. The van der Waals surface area contributed by atoms with Gasteiger partial charge in [0.05, 0.1) is 0 Å². The van der Waals surface area contributed by atoms with Crippen molar-refractivity contribution in [2.45, 2.75) is 44.7 Å². The van der Waals surface area contributed by atoms with Crippen LogP contribution in [0.2, 0.25) is 4.34 Å². The zero-order chi connectivity index (χ0) is 9.80. The predicted molar refractivity (Wildman–Crippen MR) is 58.6 cm³/mol. The lowest BCUT2D eigenvalue weighted by atomic mass is 9.95. The molecule has 0 aliphatic heterocycles. The van der Waals surface area contributed by atoms with Gasteiger partial charge >= 0.3 is 0 Å². The number of hydrogen-bond donors (Lipinski definition) is 1. The minimum atomic E-state index is 0.654. The largest absolute Gasteiger partial charge is 0.308 e. The van der Waals surface area contributed by atoms with Crippen molar-refractivity contribution in [1.82, 2.24) is 14.9 Å². The highest BCUT2D eigenvalue weighted by Crippen LogP contribution is 2.20. The molecule has 3 nitrogen and oxygen atoms in total. The third kappa shape index (κ3) is 2.65. The second-order valence-electron chi connectivity index (χ2n) is 3.71. The Morgan fingerprint density at radius 1 is 1.36 bits per heavy atom. The predicted octanol–water partition coefficient (Wildman–Crippen LogP) is 2.61. The lowest BCUT2D eigenvalue weighted by molar-refractivity contribution is 0.371. The van der Waals surface area contributed by atoms with Crippen molar-refractivity contribution in [3.05, 3.63) is 10.0 Å². The fourth-order valence-corrected chi connectivity index (χ4v) is 2.48. The average molecular weight is 232 g/mol. The summed E-state index contributed by atoms with van der Waals surface area (Å²) in [7, 11) is 0. The molecule has 1 aliphatic carbocycles. The van der Waals surface area contributed by atoms with Gasteiger partial charge in [-0.2, -0.15) is 0 Å². The number of rotatable bonds is 3. The van der Waals surface area contributed by atoms with Gasteiger partial charge in [0, 0.05) is 24.1 Å². The minimum absolute atomic E-state index is 0.654. The summed E-state index contributed by atoms with van der Waals surface area (Å²) in [5, 5.41) is 7.46. The normalized spacial score (nSPS) is 18.6. The van der Waals surface area contributed by atoms with Crippen molar-refractivity contribution in [3.8, 4) is 0 Å². The number of hydrogen-bond acceptors (Lipinski definition) is 4. The van der Waals surface area contributed by atoms with Gasteiger partial charge in [-0.05, 0) is 12.8 Å². The molecule has 1 saturated carbocycles. The summed E-state index contributed by atoms with van der Waals surface area (Å²) >= 11 is 7.17. The molecule has 1 aliphatic rings. The van der Waals surface area contributed by atoms with Gasteiger partial charge in [0.1, 0.15) is 10.0 Å². The van der Waals surface area contributed by atoms with Crippen LogP contribution >= 0.6 is 23.1 Å². The summed E-state index contributed by atoms with van der Waals surface area (Å²) in [5.41, 5.74) is 0.891. The van der Waals surface area contributed by atoms with Gasteiger partial charge in [-0.25, -0.2) is 0 Å². The topological polar surface area (TPSA) is 37.8 Å². The molecular weight excluding hydrogens is 218 g/mol. The van der Waals surface area contributed by atoms with Crippen LogP contribution in [0.4, 0.5) is 0 Å². The van der Waals surface area contributed by atoms with Crippen molar-refractivity contribution in [1.29, 1.82) is 0 Å². The molecule has 0 bridgehead atoms. The second-order valence-corrected chi connectivity index (χ2v) is 5.07. The summed E-state index contributed by atoms with van der Waals surface area (Å²) in [6.45, 7) is 0.764. The first-order valence-corrected chi connectivity index (χ1v) is 6.21. The van der Waals surface area contributed by atoms with Crippen LogP contribution in [0.15, 0.2) is 0 Å². The molecule has 1 N–H and O–H groups in total. The standard InChI is InChI=1S/C9H14ClN3S/c10-9-8(12-13-14-9)6-11-7-4-2-1-3-5-7/h7,11H,1-6H2. The Hall–Kier alpha value is -0.190. The van der Waals surface area contributed by atoms with E-state index < -0.39 is 0 Å². The Morgan fingerprint density at radius 2 is 2.14 bits per heavy atom. The molecule has 0 saturated heterocycles. The second kappa shape index (κ2) is 5.05. The Labute approximate surface area is 93.0 Å². The lowest BCUT2D eigenvalue weighted by Crippen LogP contribution is -2.30. The van der Waals surface area contributed by atoms with Gasteiger partial charge in [0.25, 0.3) is 0 Å². The van der Waals surface area contributed by atoms with E-state index in [0.717, 1.165) is 12.2 Å². The van der Waals surface area contributed by atoms with Crippen molar-refractivity contribution >= 4 is 23.1 Å². The maximum Gasteiger partial charge on any atom is 0.138 e.